The van der Waals surface area contributed by atoms with Gasteiger partial charge in [-0.05, 0) is 56.7 Å². The third-order valence-electron chi connectivity index (χ3n) is 6.81. The number of carbonyl (C=O) groups excluding carboxylic acids is 3. The number of thiophene rings is 1. The molecule has 41 heavy (non-hydrogen) atoms. The van der Waals surface area contributed by atoms with Gasteiger partial charge in [-0.1, -0.05) is 0 Å². The molecule has 0 atom stereocenters. The van der Waals surface area contributed by atoms with E-state index in [-0.39, 0.29) is 17.9 Å². The quantitative estimate of drug-likeness (QED) is 0.450. The fourth-order valence-electron chi connectivity index (χ4n) is 4.81. The highest BCUT2D eigenvalue weighted by molar-refractivity contribution is 7.18. The Balaban J connectivity index is 1.25. The summed E-state index contributed by atoms with van der Waals surface area (Å²) in [7, 11) is 3.09. The van der Waals surface area contributed by atoms with Crippen LogP contribution in [0.4, 0.5) is 21.2 Å². The average molecular weight is 580 g/mol. The van der Waals surface area contributed by atoms with E-state index in [0.29, 0.717) is 65.4 Å². The van der Waals surface area contributed by atoms with E-state index in [1.807, 2.05) is 32.9 Å². The summed E-state index contributed by atoms with van der Waals surface area (Å²) in [6, 6.07) is 8.83. The van der Waals surface area contributed by atoms with Crippen molar-refractivity contribution in [2.45, 2.75) is 32.9 Å². The van der Waals surface area contributed by atoms with Crippen molar-refractivity contribution in [1.82, 2.24) is 9.88 Å². The van der Waals surface area contributed by atoms with Gasteiger partial charge in [-0.2, -0.15) is 0 Å². The molecule has 0 unspecified atom stereocenters. The van der Waals surface area contributed by atoms with Gasteiger partial charge < -0.3 is 29.3 Å². The number of piperazine rings is 1. The Morgan fingerprint density at radius 1 is 1.00 bits per heavy atom. The zero-order valence-corrected chi connectivity index (χ0v) is 24.5. The van der Waals surface area contributed by atoms with Gasteiger partial charge in [-0.25, -0.2) is 4.79 Å². The number of rotatable bonds is 6. The lowest BCUT2D eigenvalue weighted by atomic mass is 10.1. The average Bonchev–Trinajstić information content (AvgIpc) is 3.56. The van der Waals surface area contributed by atoms with E-state index in [0.717, 1.165) is 11.3 Å². The first-order chi connectivity index (χ1) is 19.6. The number of hydrogen-bond acceptors (Lipinski definition) is 9. The number of nitrogens with zero attached hydrogens (tertiary/aromatic N) is 4. The van der Waals surface area contributed by atoms with Gasteiger partial charge in [0.2, 0.25) is 0 Å². The van der Waals surface area contributed by atoms with Crippen LogP contribution in [0.5, 0.6) is 11.5 Å². The number of fused-ring (bicyclic) bond motifs is 1. The van der Waals surface area contributed by atoms with Crippen LogP contribution in [0.1, 0.15) is 46.4 Å². The number of aromatic nitrogens is 1. The Hall–Kier alpha value is -4.32. The topological polar surface area (TPSA) is 114 Å². The Morgan fingerprint density at radius 2 is 1.71 bits per heavy atom. The molecule has 12 heteroatoms. The second-order valence-corrected chi connectivity index (χ2v) is 11.8. The van der Waals surface area contributed by atoms with Crippen molar-refractivity contribution in [3.63, 3.8) is 0 Å². The summed E-state index contributed by atoms with van der Waals surface area (Å²) >= 11 is 1.24. The van der Waals surface area contributed by atoms with E-state index < -0.39 is 5.60 Å². The van der Waals surface area contributed by atoms with E-state index in [1.165, 1.54) is 18.4 Å². The van der Waals surface area contributed by atoms with Gasteiger partial charge in [-0.15, -0.1) is 11.3 Å². The number of pyridine rings is 1. The largest absolute Gasteiger partial charge is 0.493 e. The molecule has 0 saturated carbocycles. The Bertz CT molecular complexity index is 1470. The van der Waals surface area contributed by atoms with Crippen molar-refractivity contribution in [3.05, 3.63) is 58.7 Å². The molecule has 2 aromatic heterocycles. The van der Waals surface area contributed by atoms with Crippen LogP contribution < -0.4 is 24.6 Å². The van der Waals surface area contributed by atoms with Crippen LogP contribution in [0.25, 0.3) is 0 Å². The van der Waals surface area contributed by atoms with Crippen LogP contribution in [-0.2, 0) is 11.3 Å². The van der Waals surface area contributed by atoms with Crippen molar-refractivity contribution in [2.24, 2.45) is 0 Å². The molecule has 4 heterocycles. The fraction of sp³-hybridized carbons (Fsp3) is 0.379. The minimum atomic E-state index is -0.550. The molecule has 1 N–H and O–H groups in total. The molecule has 1 fully saturated rings. The van der Waals surface area contributed by atoms with Gasteiger partial charge in [0, 0.05) is 37.9 Å². The van der Waals surface area contributed by atoms with Crippen molar-refractivity contribution >= 4 is 45.6 Å². The number of anilines is 3. The number of methoxy groups -OCH3 is 2. The predicted octanol–water partition coefficient (Wildman–Crippen LogP) is 4.63. The summed E-state index contributed by atoms with van der Waals surface area (Å²) in [5.74, 6) is 0.599. The smallest absolute Gasteiger partial charge is 0.410 e. The van der Waals surface area contributed by atoms with Gasteiger partial charge in [0.25, 0.3) is 11.8 Å². The lowest BCUT2D eigenvalue weighted by molar-refractivity contribution is 0.0240. The molecule has 3 aromatic rings. The van der Waals surface area contributed by atoms with Crippen molar-refractivity contribution < 1.29 is 28.6 Å². The zero-order valence-electron chi connectivity index (χ0n) is 23.7. The molecule has 11 nitrogen and oxygen atoms in total. The summed E-state index contributed by atoms with van der Waals surface area (Å²) in [4.78, 5) is 49.0. The van der Waals surface area contributed by atoms with Gasteiger partial charge in [0.05, 0.1) is 48.2 Å². The predicted molar refractivity (Wildman–Crippen MR) is 157 cm³/mol. The number of benzene rings is 1. The number of amides is 3. The second-order valence-electron chi connectivity index (χ2n) is 10.7. The zero-order chi connectivity index (χ0) is 29.3. The maximum atomic E-state index is 13.3. The first-order valence-corrected chi connectivity index (χ1v) is 14.0. The van der Waals surface area contributed by atoms with Crippen molar-refractivity contribution in [3.8, 4) is 11.5 Å². The summed E-state index contributed by atoms with van der Waals surface area (Å²) in [6.07, 6.45) is 2.96. The minimum Gasteiger partial charge on any atom is -0.493 e. The lowest BCUT2D eigenvalue weighted by Crippen LogP contribution is -2.50. The standard InChI is InChI=1S/C29H33N5O6S/c1-29(2,3)40-28(37)33-12-10-32(11-13-33)21-8-9-30-16-20(21)31-26(35)24-6-7-25(41-24)34-17-18-14-22(38-4)23(39-5)15-19(18)27(34)36/h6-9,14-16H,10-13,17H2,1-5H3,(H,31,35). The SMILES string of the molecule is COc1cc2c(cc1OC)C(=O)N(c1ccc(C(=O)Nc3cnccc3N3CCN(C(=O)OC(C)(C)C)CC3)s1)C2. The van der Waals surface area contributed by atoms with Crippen molar-refractivity contribution in [2.75, 3.05) is 55.5 Å². The molecule has 0 spiro atoms. The second kappa shape index (κ2) is 11.3. The fourth-order valence-corrected chi connectivity index (χ4v) is 5.71. The molecule has 1 saturated heterocycles. The number of carbonyl (C=O) groups is 3. The molecular formula is C29H33N5O6S. The van der Waals surface area contributed by atoms with Crippen LogP contribution in [-0.4, -0.2) is 73.8 Å². The Kier molecular flexibility index (Phi) is 7.76. The Morgan fingerprint density at radius 3 is 2.39 bits per heavy atom. The maximum Gasteiger partial charge on any atom is 0.410 e. The number of ether oxygens (including phenoxy) is 3. The third-order valence-corrected chi connectivity index (χ3v) is 7.92. The van der Waals surface area contributed by atoms with Crippen LogP contribution in [0.2, 0.25) is 0 Å². The highest BCUT2D eigenvalue weighted by atomic mass is 32.1. The monoisotopic (exact) mass is 579 g/mol. The molecule has 2 aliphatic heterocycles. The van der Waals surface area contributed by atoms with Gasteiger partial charge in [0.1, 0.15) is 5.60 Å². The first kappa shape index (κ1) is 28.2. The van der Waals surface area contributed by atoms with E-state index in [4.69, 9.17) is 14.2 Å². The molecular weight excluding hydrogens is 546 g/mol. The van der Waals surface area contributed by atoms with Crippen molar-refractivity contribution in [1.29, 1.82) is 0 Å². The van der Waals surface area contributed by atoms with Crippen LogP contribution in [0.3, 0.4) is 0 Å². The van der Waals surface area contributed by atoms with Crippen LogP contribution >= 0.6 is 11.3 Å². The summed E-state index contributed by atoms with van der Waals surface area (Å²) < 4.78 is 16.2. The summed E-state index contributed by atoms with van der Waals surface area (Å²) in [6.45, 7) is 8.09. The highest BCUT2D eigenvalue weighted by Crippen LogP contribution is 2.39. The number of nitrogens with one attached hydrogen (secondary N) is 1. The minimum absolute atomic E-state index is 0.158. The van der Waals surface area contributed by atoms with Gasteiger partial charge in [-0.3, -0.25) is 19.5 Å². The first-order valence-electron chi connectivity index (χ1n) is 13.2. The van der Waals surface area contributed by atoms with E-state index >= 15 is 0 Å². The van der Waals surface area contributed by atoms with Gasteiger partial charge >= 0.3 is 6.09 Å². The Labute approximate surface area is 242 Å². The summed E-state index contributed by atoms with van der Waals surface area (Å²) in [5.41, 5.74) is 2.22. The van der Waals surface area contributed by atoms with E-state index in [9.17, 15) is 14.4 Å². The highest BCUT2D eigenvalue weighted by Gasteiger charge is 2.32. The molecule has 3 amide bonds. The molecule has 0 radical (unpaired) electrons. The van der Waals surface area contributed by atoms with Crippen LogP contribution in [0, 0.1) is 0 Å². The lowest BCUT2D eigenvalue weighted by Gasteiger charge is -2.37. The maximum absolute atomic E-state index is 13.3. The molecule has 2 aliphatic rings. The normalized spacial score (nSPS) is 15.0. The summed E-state index contributed by atoms with van der Waals surface area (Å²) in [5, 5.41) is 3.64. The van der Waals surface area contributed by atoms with E-state index in [2.05, 4.69) is 15.2 Å². The third kappa shape index (κ3) is 5.92. The van der Waals surface area contributed by atoms with E-state index in [1.54, 1.807) is 47.5 Å². The van der Waals surface area contributed by atoms with Crippen LogP contribution in [0.15, 0.2) is 42.7 Å². The molecule has 0 bridgehead atoms. The molecule has 5 rings (SSSR count). The molecule has 1 aromatic carbocycles. The molecule has 216 valence electrons. The number of hydrogen-bond donors (Lipinski definition) is 1. The van der Waals surface area contributed by atoms with Gasteiger partial charge in [0.15, 0.2) is 11.5 Å². The molecule has 0 aliphatic carbocycles.